The van der Waals surface area contributed by atoms with Gasteiger partial charge >= 0.3 is 43.1 Å². The van der Waals surface area contributed by atoms with Crippen LogP contribution in [0.15, 0.2) is 11.8 Å². The van der Waals surface area contributed by atoms with Crippen molar-refractivity contribution in [3.63, 3.8) is 0 Å². The smallest absolute Gasteiger partial charge is 0.313 e. The van der Waals surface area contributed by atoms with Crippen molar-refractivity contribution >= 4 is 26.0 Å². The highest BCUT2D eigenvalue weighted by molar-refractivity contribution is 8.05. The van der Waals surface area contributed by atoms with Gasteiger partial charge in [-0.15, -0.1) is 3.71 Å². The molecule has 0 spiro atoms. The zero-order chi connectivity index (χ0) is 26.8. The Hall–Kier alpha value is -1.76. The highest BCUT2D eigenvalue weighted by atomic mass is 32.3. The first-order valence-electron chi connectivity index (χ1n) is 8.67. The fourth-order valence-electron chi connectivity index (χ4n) is 2.33. The molecule has 0 aromatic carbocycles. The molecule has 8 nitrogen and oxygen atoms in total. The second-order valence-corrected chi connectivity index (χ2v) is 10.3. The van der Waals surface area contributed by atoms with Crippen molar-refractivity contribution in [1.82, 2.24) is 13.7 Å². The third-order valence-corrected chi connectivity index (χ3v) is 7.57. The number of sulfonamides is 2. The molecule has 0 radical (unpaired) electrons. The largest absolute Gasteiger partial charge is 0.517 e. The number of hydrogen-bond acceptors (Lipinski definition) is 7. The van der Waals surface area contributed by atoms with Crippen molar-refractivity contribution in [2.75, 3.05) is 13.6 Å². The van der Waals surface area contributed by atoms with Crippen LogP contribution in [0.1, 0.15) is 33.6 Å². The van der Waals surface area contributed by atoms with Gasteiger partial charge in [-0.05, 0) is 26.3 Å². The molecule has 19 heteroatoms. The Balaban J connectivity index is 0.000000716. The standard InChI is InChI=1S/C10H20N2.C4F9NO5S2/c1-5-6-7-12-10(3)8-9(2)11(12)4;5-2(6,7)1(15)14(20(16,17)3(8,9)10)21(18,19)4(11,12)13/h8,10H,5-7H2,1-4H3;. The fraction of sp³-hybridized carbons (Fsp3) is 0.786. The molecule has 1 aliphatic rings. The summed E-state index contributed by atoms with van der Waals surface area (Å²) in [5.74, 6) is -4.39. The number of hydrazine groups is 1. The van der Waals surface area contributed by atoms with Crippen LogP contribution in [0.25, 0.3) is 0 Å². The zero-order valence-electron chi connectivity index (χ0n) is 17.4. The Morgan fingerprint density at radius 3 is 1.61 bits per heavy atom. The van der Waals surface area contributed by atoms with E-state index in [4.69, 9.17) is 0 Å². The van der Waals surface area contributed by atoms with Crippen LogP contribution in [-0.2, 0) is 24.8 Å². The van der Waals surface area contributed by atoms with Crippen LogP contribution in [0.2, 0.25) is 0 Å². The first kappa shape index (κ1) is 31.2. The van der Waals surface area contributed by atoms with Crippen molar-refractivity contribution in [3.8, 4) is 0 Å². The van der Waals surface area contributed by atoms with Crippen molar-refractivity contribution in [3.05, 3.63) is 11.8 Å². The molecule has 1 unspecified atom stereocenters. The number of nitrogens with zero attached hydrogens (tertiary/aromatic N) is 3. The van der Waals surface area contributed by atoms with E-state index in [1.54, 1.807) is 0 Å². The number of rotatable bonds is 5. The molecule has 1 rings (SSSR count). The summed E-state index contributed by atoms with van der Waals surface area (Å²) in [6, 6.07) is 0.585. The number of amides is 1. The Kier molecular flexibility index (Phi) is 9.70. The Labute approximate surface area is 183 Å². The van der Waals surface area contributed by atoms with Gasteiger partial charge in [0.1, 0.15) is 0 Å². The van der Waals surface area contributed by atoms with Gasteiger partial charge in [0, 0.05) is 25.3 Å². The molecule has 0 saturated carbocycles. The van der Waals surface area contributed by atoms with E-state index < -0.39 is 46.9 Å². The van der Waals surface area contributed by atoms with Crippen molar-refractivity contribution in [2.45, 2.75) is 56.8 Å². The summed E-state index contributed by atoms with van der Waals surface area (Å²) in [6.45, 7) is 7.84. The third-order valence-electron chi connectivity index (χ3n) is 4.02. The number of unbranched alkanes of at least 4 members (excludes halogenated alkanes) is 1. The minimum atomic E-state index is -7.81. The van der Waals surface area contributed by atoms with Gasteiger partial charge in [-0.3, -0.25) is 4.79 Å². The van der Waals surface area contributed by atoms with Gasteiger partial charge < -0.3 is 5.01 Å². The van der Waals surface area contributed by atoms with E-state index in [1.807, 2.05) is 0 Å². The molecule has 0 N–H and O–H groups in total. The zero-order valence-corrected chi connectivity index (χ0v) is 19.0. The van der Waals surface area contributed by atoms with Gasteiger partial charge in [-0.1, -0.05) is 13.3 Å². The second kappa shape index (κ2) is 10.2. The molecule has 1 atom stereocenters. The van der Waals surface area contributed by atoms with Crippen LogP contribution in [0.4, 0.5) is 39.5 Å². The average Bonchev–Trinajstić information content (AvgIpc) is 2.82. The molecule has 196 valence electrons. The first-order valence-corrected chi connectivity index (χ1v) is 11.6. The summed E-state index contributed by atoms with van der Waals surface area (Å²) in [5.41, 5.74) is -12.4. The Bertz CT molecular complexity index is 897. The maximum atomic E-state index is 12.0. The number of carbonyl (C=O) groups is 1. The molecule has 0 aromatic heterocycles. The van der Waals surface area contributed by atoms with Gasteiger partial charge in [-0.2, -0.15) is 56.3 Å². The SMILES string of the molecule is CCCCN1C(C)C=C(C)N1C.O=C(N(S(=O)(=O)C(F)(F)F)S(=O)(=O)C(F)(F)F)C(F)(F)F. The molecular weight excluding hydrogens is 525 g/mol. The highest BCUT2D eigenvalue weighted by Crippen LogP contribution is 2.37. The van der Waals surface area contributed by atoms with Gasteiger partial charge in [0.2, 0.25) is 0 Å². The number of allylic oxidation sites excluding steroid dienone is 1. The van der Waals surface area contributed by atoms with Crippen molar-refractivity contribution in [1.29, 1.82) is 0 Å². The molecule has 1 heterocycles. The predicted molar refractivity (Wildman–Crippen MR) is 95.4 cm³/mol. The summed E-state index contributed by atoms with van der Waals surface area (Å²) in [5, 5.41) is 4.68. The average molecular weight is 545 g/mol. The van der Waals surface area contributed by atoms with Crippen LogP contribution in [-0.4, -0.2) is 73.3 Å². The van der Waals surface area contributed by atoms with Crippen LogP contribution < -0.4 is 0 Å². The Morgan fingerprint density at radius 1 is 0.970 bits per heavy atom. The third kappa shape index (κ3) is 7.11. The van der Waals surface area contributed by atoms with Gasteiger partial charge in [0.15, 0.2) is 0 Å². The number of halogens is 9. The minimum Gasteiger partial charge on any atom is -0.313 e. The topological polar surface area (TPSA) is 95.1 Å². The first-order chi connectivity index (χ1) is 14.4. The van der Waals surface area contributed by atoms with Gasteiger partial charge in [0.05, 0.1) is 0 Å². The lowest BCUT2D eigenvalue weighted by Gasteiger charge is -2.30. The molecular formula is C14H20F9N3O5S2. The normalized spacial score (nSPS) is 18.5. The number of hydrogen-bond donors (Lipinski definition) is 0. The summed E-state index contributed by atoms with van der Waals surface area (Å²) >= 11 is 0. The molecule has 0 fully saturated rings. The predicted octanol–water partition coefficient (Wildman–Crippen LogP) is 3.32. The lowest BCUT2D eigenvalue weighted by molar-refractivity contribution is -0.177. The molecule has 1 amide bonds. The summed E-state index contributed by atoms with van der Waals surface area (Å²) in [7, 11) is -13.5. The lowest BCUT2D eigenvalue weighted by atomic mass is 10.3. The van der Waals surface area contributed by atoms with Crippen LogP contribution >= 0.6 is 0 Å². The molecule has 1 aliphatic heterocycles. The van der Waals surface area contributed by atoms with E-state index in [9.17, 15) is 61.1 Å². The van der Waals surface area contributed by atoms with E-state index in [0.717, 1.165) is 0 Å². The molecule has 0 aliphatic carbocycles. The van der Waals surface area contributed by atoms with E-state index in [0.29, 0.717) is 6.04 Å². The number of carbonyl (C=O) groups excluding carboxylic acids is 1. The summed E-state index contributed by atoms with van der Waals surface area (Å²) < 4.78 is 146. The van der Waals surface area contributed by atoms with E-state index in [-0.39, 0.29) is 0 Å². The highest BCUT2D eigenvalue weighted by Gasteiger charge is 2.67. The molecule has 0 saturated heterocycles. The van der Waals surface area contributed by atoms with E-state index in [1.165, 1.54) is 25.1 Å². The second-order valence-electron chi connectivity index (χ2n) is 6.49. The maximum absolute atomic E-state index is 12.0. The van der Waals surface area contributed by atoms with E-state index >= 15 is 0 Å². The maximum Gasteiger partial charge on any atom is 0.517 e. The van der Waals surface area contributed by atoms with Crippen molar-refractivity contribution in [2.24, 2.45) is 0 Å². The quantitative estimate of drug-likeness (QED) is 0.490. The van der Waals surface area contributed by atoms with E-state index in [2.05, 4.69) is 43.9 Å². The summed E-state index contributed by atoms with van der Waals surface area (Å²) in [4.78, 5) is 10.4. The summed E-state index contributed by atoms with van der Waals surface area (Å²) in [6.07, 6.45) is -1.77. The lowest BCUT2D eigenvalue weighted by Crippen LogP contribution is -2.55. The molecule has 0 aromatic rings. The monoisotopic (exact) mass is 545 g/mol. The van der Waals surface area contributed by atoms with Crippen LogP contribution in [0, 0.1) is 0 Å². The molecule has 0 bridgehead atoms. The Morgan fingerprint density at radius 2 is 1.36 bits per heavy atom. The minimum absolute atomic E-state index is 0.585. The van der Waals surface area contributed by atoms with Gasteiger partial charge in [0.25, 0.3) is 0 Å². The number of alkyl halides is 9. The van der Waals surface area contributed by atoms with Crippen LogP contribution in [0.3, 0.4) is 0 Å². The van der Waals surface area contributed by atoms with Gasteiger partial charge in [-0.25, -0.2) is 5.01 Å². The van der Waals surface area contributed by atoms with Crippen molar-refractivity contribution < 1.29 is 61.1 Å². The van der Waals surface area contributed by atoms with Crippen LogP contribution in [0.5, 0.6) is 0 Å². The molecule has 33 heavy (non-hydrogen) atoms. The fourth-order valence-corrected chi connectivity index (χ4v) is 4.89.